The van der Waals surface area contributed by atoms with Gasteiger partial charge in [0.05, 0.1) is 6.04 Å². The third-order valence-corrected chi connectivity index (χ3v) is 3.76. The van der Waals surface area contributed by atoms with Gasteiger partial charge in [0.15, 0.2) is 0 Å². The summed E-state index contributed by atoms with van der Waals surface area (Å²) >= 11 is 0. The monoisotopic (exact) mass is 226 g/mol. The third-order valence-electron chi connectivity index (χ3n) is 3.76. The Morgan fingerprint density at radius 1 is 1.31 bits per heavy atom. The molecule has 0 radical (unpaired) electrons. The highest BCUT2D eigenvalue weighted by molar-refractivity contribution is 5.81. The number of hydrogen-bond acceptors (Lipinski definition) is 2. The van der Waals surface area contributed by atoms with E-state index in [4.69, 9.17) is 0 Å². The number of nitrogens with one attached hydrogen (secondary N) is 2. The Bertz CT molecular complexity index is 226. The number of rotatable bonds is 6. The first-order valence-electron chi connectivity index (χ1n) is 6.61. The molecule has 1 fully saturated rings. The van der Waals surface area contributed by atoms with Crippen LogP contribution < -0.4 is 10.6 Å². The maximum Gasteiger partial charge on any atom is 0.237 e. The molecule has 3 atom stereocenters. The Morgan fingerprint density at radius 3 is 2.38 bits per heavy atom. The zero-order chi connectivity index (χ0) is 12.1. The summed E-state index contributed by atoms with van der Waals surface area (Å²) in [7, 11) is 0. The molecule has 0 aromatic heterocycles. The largest absolute Gasteiger partial charge is 0.352 e. The van der Waals surface area contributed by atoms with E-state index in [9.17, 15) is 4.79 Å². The molecule has 16 heavy (non-hydrogen) atoms. The zero-order valence-corrected chi connectivity index (χ0v) is 11.0. The fraction of sp³-hybridized carbons (Fsp3) is 0.923. The van der Waals surface area contributed by atoms with E-state index in [-0.39, 0.29) is 18.0 Å². The van der Waals surface area contributed by atoms with Gasteiger partial charge in [-0.3, -0.25) is 4.79 Å². The second-order valence-electron chi connectivity index (χ2n) is 5.19. The van der Waals surface area contributed by atoms with Gasteiger partial charge in [-0.1, -0.05) is 13.3 Å². The average molecular weight is 226 g/mol. The molecule has 3 unspecified atom stereocenters. The molecule has 0 aliphatic heterocycles. The number of carbonyl (C=O) groups is 1. The maximum atomic E-state index is 11.8. The van der Waals surface area contributed by atoms with Crippen LogP contribution in [0, 0.1) is 5.92 Å². The highest BCUT2D eigenvalue weighted by Crippen LogP contribution is 2.29. The third kappa shape index (κ3) is 3.78. The van der Waals surface area contributed by atoms with Gasteiger partial charge in [-0.25, -0.2) is 0 Å². The van der Waals surface area contributed by atoms with Crippen LogP contribution >= 0.6 is 0 Å². The van der Waals surface area contributed by atoms with E-state index in [0.717, 1.165) is 12.3 Å². The topological polar surface area (TPSA) is 41.1 Å². The summed E-state index contributed by atoms with van der Waals surface area (Å²) in [6, 6.07) is 0.659. The Balaban J connectivity index is 2.27. The van der Waals surface area contributed by atoms with Crippen molar-refractivity contribution in [3.05, 3.63) is 0 Å². The minimum absolute atomic E-state index is 0.0791. The van der Waals surface area contributed by atoms with E-state index < -0.39 is 0 Å². The Hall–Kier alpha value is -0.570. The molecule has 1 aliphatic rings. The van der Waals surface area contributed by atoms with Gasteiger partial charge in [-0.2, -0.15) is 0 Å². The van der Waals surface area contributed by atoms with Crippen LogP contribution in [0.3, 0.4) is 0 Å². The van der Waals surface area contributed by atoms with Gasteiger partial charge in [0.25, 0.3) is 0 Å². The standard InChI is InChI=1S/C13H26N2O/c1-5-9(2)14-13(16)11(4)15-10(3)12-7-6-8-12/h9-12,15H,5-8H2,1-4H3,(H,14,16). The van der Waals surface area contributed by atoms with Crippen LogP contribution in [0.25, 0.3) is 0 Å². The van der Waals surface area contributed by atoms with Crippen molar-refractivity contribution < 1.29 is 4.79 Å². The molecule has 3 nitrogen and oxygen atoms in total. The van der Waals surface area contributed by atoms with Crippen molar-refractivity contribution >= 4 is 5.91 Å². The maximum absolute atomic E-state index is 11.8. The van der Waals surface area contributed by atoms with E-state index in [0.29, 0.717) is 6.04 Å². The Morgan fingerprint density at radius 2 is 1.94 bits per heavy atom. The second kappa shape index (κ2) is 6.24. The van der Waals surface area contributed by atoms with Crippen molar-refractivity contribution in [1.82, 2.24) is 10.6 Å². The van der Waals surface area contributed by atoms with Crippen molar-refractivity contribution in [1.29, 1.82) is 0 Å². The van der Waals surface area contributed by atoms with E-state index in [1.807, 2.05) is 13.8 Å². The molecule has 1 amide bonds. The van der Waals surface area contributed by atoms with Crippen molar-refractivity contribution in [2.24, 2.45) is 5.92 Å². The quantitative estimate of drug-likeness (QED) is 0.728. The lowest BCUT2D eigenvalue weighted by Gasteiger charge is -2.33. The molecule has 0 heterocycles. The minimum atomic E-state index is -0.0791. The van der Waals surface area contributed by atoms with Gasteiger partial charge in [-0.05, 0) is 46.0 Å². The van der Waals surface area contributed by atoms with Crippen LogP contribution in [-0.2, 0) is 4.79 Å². The molecule has 0 spiro atoms. The summed E-state index contributed by atoms with van der Waals surface area (Å²) in [6.45, 7) is 8.27. The lowest BCUT2D eigenvalue weighted by molar-refractivity contribution is -0.123. The summed E-state index contributed by atoms with van der Waals surface area (Å²) < 4.78 is 0. The Kier molecular flexibility index (Phi) is 5.26. The number of hydrogen-bond donors (Lipinski definition) is 2. The summed E-state index contributed by atoms with van der Waals surface area (Å²) in [4.78, 5) is 11.8. The van der Waals surface area contributed by atoms with Gasteiger partial charge in [0, 0.05) is 12.1 Å². The fourth-order valence-electron chi connectivity index (χ4n) is 2.02. The molecule has 0 bridgehead atoms. The van der Waals surface area contributed by atoms with Gasteiger partial charge < -0.3 is 10.6 Å². The van der Waals surface area contributed by atoms with Crippen LogP contribution in [0.1, 0.15) is 53.4 Å². The second-order valence-corrected chi connectivity index (χ2v) is 5.19. The number of carbonyl (C=O) groups excluding carboxylic acids is 1. The molecule has 1 saturated carbocycles. The normalized spacial score (nSPS) is 22.0. The van der Waals surface area contributed by atoms with Crippen LogP contribution in [0.15, 0.2) is 0 Å². The minimum Gasteiger partial charge on any atom is -0.352 e. The van der Waals surface area contributed by atoms with Gasteiger partial charge in [-0.15, -0.1) is 0 Å². The molecule has 2 N–H and O–H groups in total. The van der Waals surface area contributed by atoms with Crippen LogP contribution in [0.5, 0.6) is 0 Å². The molecule has 0 saturated heterocycles. The first kappa shape index (κ1) is 13.5. The molecule has 0 aromatic rings. The van der Waals surface area contributed by atoms with Crippen LogP contribution in [-0.4, -0.2) is 24.0 Å². The zero-order valence-electron chi connectivity index (χ0n) is 11.0. The van der Waals surface area contributed by atoms with Gasteiger partial charge in [0.2, 0.25) is 5.91 Å². The van der Waals surface area contributed by atoms with E-state index in [1.165, 1.54) is 19.3 Å². The fourth-order valence-corrected chi connectivity index (χ4v) is 2.02. The van der Waals surface area contributed by atoms with Crippen LogP contribution in [0.4, 0.5) is 0 Å². The smallest absolute Gasteiger partial charge is 0.237 e. The summed E-state index contributed by atoms with van der Waals surface area (Å²) in [5, 5.41) is 6.41. The highest BCUT2D eigenvalue weighted by atomic mass is 16.2. The van der Waals surface area contributed by atoms with Crippen molar-refractivity contribution in [3.8, 4) is 0 Å². The average Bonchev–Trinajstić information content (AvgIpc) is 2.14. The molecule has 0 aromatic carbocycles. The Labute approximate surface area is 99.4 Å². The lowest BCUT2D eigenvalue weighted by Crippen LogP contribution is -2.50. The van der Waals surface area contributed by atoms with Crippen molar-refractivity contribution in [3.63, 3.8) is 0 Å². The molecule has 94 valence electrons. The van der Waals surface area contributed by atoms with E-state index in [1.54, 1.807) is 0 Å². The SMILES string of the molecule is CCC(C)NC(=O)C(C)NC(C)C1CCC1. The van der Waals surface area contributed by atoms with Crippen molar-refractivity contribution in [2.75, 3.05) is 0 Å². The predicted molar refractivity (Wildman–Crippen MR) is 67.3 cm³/mol. The predicted octanol–water partition coefficient (Wildman–Crippen LogP) is 2.07. The molecule has 1 aliphatic carbocycles. The first-order valence-corrected chi connectivity index (χ1v) is 6.61. The van der Waals surface area contributed by atoms with Gasteiger partial charge >= 0.3 is 0 Å². The van der Waals surface area contributed by atoms with Crippen molar-refractivity contribution in [2.45, 2.75) is 71.5 Å². The van der Waals surface area contributed by atoms with Crippen LogP contribution in [0.2, 0.25) is 0 Å². The summed E-state index contributed by atoms with van der Waals surface area (Å²) in [5.74, 6) is 0.902. The first-order chi connectivity index (χ1) is 7.54. The van der Waals surface area contributed by atoms with Gasteiger partial charge in [0.1, 0.15) is 0 Å². The number of amides is 1. The molecule has 3 heteroatoms. The molecule has 1 rings (SSSR count). The van der Waals surface area contributed by atoms with E-state index >= 15 is 0 Å². The summed E-state index contributed by atoms with van der Waals surface area (Å²) in [6.07, 6.45) is 4.96. The van der Waals surface area contributed by atoms with E-state index in [2.05, 4.69) is 24.5 Å². The summed E-state index contributed by atoms with van der Waals surface area (Å²) in [5.41, 5.74) is 0. The molecular weight excluding hydrogens is 200 g/mol. The highest BCUT2D eigenvalue weighted by Gasteiger charge is 2.26. The molecular formula is C13H26N2O. The lowest BCUT2D eigenvalue weighted by atomic mass is 9.80.